The zero-order valence-electron chi connectivity index (χ0n) is 13.2. The minimum Gasteiger partial charge on any atom is -0.379 e. The number of benzene rings is 1. The van der Waals surface area contributed by atoms with Crippen LogP contribution in [0.25, 0.3) is 0 Å². The Bertz CT molecular complexity index is 379. The summed E-state index contributed by atoms with van der Waals surface area (Å²) in [7, 11) is 0. The van der Waals surface area contributed by atoms with Gasteiger partial charge in [-0.3, -0.25) is 0 Å². The summed E-state index contributed by atoms with van der Waals surface area (Å²) in [5.41, 5.74) is 0.799. The van der Waals surface area contributed by atoms with Crippen molar-refractivity contribution in [2.75, 3.05) is 13.2 Å². The molecule has 1 atom stereocenters. The summed E-state index contributed by atoms with van der Waals surface area (Å²) in [6, 6.07) is 7.50. The van der Waals surface area contributed by atoms with E-state index in [9.17, 15) is 4.39 Å². The van der Waals surface area contributed by atoms with Crippen LogP contribution in [0.15, 0.2) is 24.3 Å². The lowest BCUT2D eigenvalue weighted by atomic mass is 9.95. The molecule has 1 rings (SSSR count). The molecule has 2 nitrogen and oxygen atoms in total. The van der Waals surface area contributed by atoms with Crippen molar-refractivity contribution in [1.82, 2.24) is 5.32 Å². The Hall–Kier alpha value is -0.930. The van der Waals surface area contributed by atoms with Crippen LogP contribution in [0.3, 0.4) is 0 Å². The largest absolute Gasteiger partial charge is 0.379 e. The van der Waals surface area contributed by atoms with Crippen molar-refractivity contribution in [2.45, 2.75) is 52.7 Å². The first-order valence-electron chi connectivity index (χ1n) is 7.57. The smallest absolute Gasteiger partial charge is 0.126 e. The topological polar surface area (TPSA) is 21.3 Å². The van der Waals surface area contributed by atoms with Crippen LogP contribution in [0.5, 0.6) is 0 Å². The fraction of sp³-hybridized carbons (Fsp3) is 0.647. The zero-order valence-corrected chi connectivity index (χ0v) is 13.2. The summed E-state index contributed by atoms with van der Waals surface area (Å²) in [5.74, 6) is 0.292. The van der Waals surface area contributed by atoms with Gasteiger partial charge in [0.05, 0.1) is 6.10 Å². The summed E-state index contributed by atoms with van der Waals surface area (Å²) >= 11 is 0. The minimum absolute atomic E-state index is 0.105. The highest BCUT2D eigenvalue weighted by molar-refractivity contribution is 5.17. The SMILES string of the molecule is CC(C)NCC(CCOC(C)C)Cc1ccccc1F. The van der Waals surface area contributed by atoms with Crippen molar-refractivity contribution in [2.24, 2.45) is 5.92 Å². The lowest BCUT2D eigenvalue weighted by molar-refractivity contribution is 0.0680. The Labute approximate surface area is 122 Å². The van der Waals surface area contributed by atoms with E-state index in [1.165, 1.54) is 6.07 Å². The van der Waals surface area contributed by atoms with Gasteiger partial charge in [0, 0.05) is 12.6 Å². The van der Waals surface area contributed by atoms with Gasteiger partial charge in [0.2, 0.25) is 0 Å². The predicted molar refractivity (Wildman–Crippen MR) is 82.4 cm³/mol. The van der Waals surface area contributed by atoms with Crippen molar-refractivity contribution in [3.8, 4) is 0 Å². The van der Waals surface area contributed by atoms with Gasteiger partial charge in [0.15, 0.2) is 0 Å². The second-order valence-electron chi connectivity index (χ2n) is 5.93. The average molecular weight is 281 g/mol. The number of rotatable bonds is 9. The van der Waals surface area contributed by atoms with Crippen molar-refractivity contribution in [1.29, 1.82) is 0 Å². The van der Waals surface area contributed by atoms with Gasteiger partial charge in [-0.25, -0.2) is 4.39 Å². The van der Waals surface area contributed by atoms with E-state index in [1.54, 1.807) is 6.07 Å². The summed E-state index contributed by atoms with van der Waals surface area (Å²) < 4.78 is 19.4. The molecule has 0 saturated heterocycles. The summed E-state index contributed by atoms with van der Waals surface area (Å²) in [4.78, 5) is 0. The molecule has 0 fully saturated rings. The van der Waals surface area contributed by atoms with Crippen LogP contribution >= 0.6 is 0 Å². The van der Waals surface area contributed by atoms with Crippen LogP contribution in [0.4, 0.5) is 4.39 Å². The maximum absolute atomic E-state index is 13.7. The van der Waals surface area contributed by atoms with Crippen LogP contribution in [-0.4, -0.2) is 25.3 Å². The fourth-order valence-electron chi connectivity index (χ4n) is 2.12. The quantitative estimate of drug-likeness (QED) is 0.743. The van der Waals surface area contributed by atoms with Crippen molar-refractivity contribution < 1.29 is 9.13 Å². The van der Waals surface area contributed by atoms with E-state index in [-0.39, 0.29) is 11.9 Å². The molecule has 0 spiro atoms. The number of nitrogens with one attached hydrogen (secondary N) is 1. The van der Waals surface area contributed by atoms with E-state index in [1.807, 2.05) is 26.0 Å². The number of ether oxygens (including phenoxy) is 1. The number of hydrogen-bond acceptors (Lipinski definition) is 2. The maximum atomic E-state index is 13.7. The van der Waals surface area contributed by atoms with Crippen LogP contribution < -0.4 is 5.32 Å². The van der Waals surface area contributed by atoms with Gasteiger partial charge >= 0.3 is 0 Å². The highest BCUT2D eigenvalue weighted by Gasteiger charge is 2.13. The molecule has 20 heavy (non-hydrogen) atoms. The van der Waals surface area contributed by atoms with E-state index >= 15 is 0 Å². The predicted octanol–water partition coefficient (Wildman–Crippen LogP) is 3.80. The Balaban J connectivity index is 2.54. The van der Waals surface area contributed by atoms with Gasteiger partial charge in [-0.15, -0.1) is 0 Å². The molecule has 0 amide bonds. The molecule has 0 bridgehead atoms. The average Bonchev–Trinajstić information content (AvgIpc) is 2.37. The number of hydrogen-bond donors (Lipinski definition) is 1. The van der Waals surface area contributed by atoms with Gasteiger partial charge in [0.25, 0.3) is 0 Å². The third kappa shape index (κ3) is 7.01. The second-order valence-corrected chi connectivity index (χ2v) is 5.93. The first kappa shape index (κ1) is 17.1. The lowest BCUT2D eigenvalue weighted by Crippen LogP contribution is -2.31. The van der Waals surface area contributed by atoms with Crippen LogP contribution in [0.2, 0.25) is 0 Å². The molecule has 114 valence electrons. The molecule has 1 aromatic rings. The molecule has 0 aliphatic heterocycles. The molecular weight excluding hydrogens is 253 g/mol. The van der Waals surface area contributed by atoms with Gasteiger partial charge < -0.3 is 10.1 Å². The highest BCUT2D eigenvalue weighted by atomic mass is 19.1. The van der Waals surface area contributed by atoms with E-state index in [4.69, 9.17) is 4.74 Å². The Morgan fingerprint density at radius 2 is 1.85 bits per heavy atom. The molecule has 0 aliphatic rings. The molecular formula is C17H28FNO. The van der Waals surface area contributed by atoms with Gasteiger partial charge in [-0.05, 0) is 50.8 Å². The molecule has 0 aromatic heterocycles. The highest BCUT2D eigenvalue weighted by Crippen LogP contribution is 2.15. The molecule has 0 heterocycles. The van der Waals surface area contributed by atoms with E-state index < -0.39 is 0 Å². The summed E-state index contributed by atoms with van der Waals surface area (Å²) in [6.45, 7) is 9.97. The fourth-order valence-corrected chi connectivity index (χ4v) is 2.12. The second kappa shape index (κ2) is 9.09. The minimum atomic E-state index is -0.105. The Morgan fingerprint density at radius 1 is 1.15 bits per heavy atom. The van der Waals surface area contributed by atoms with E-state index in [2.05, 4.69) is 19.2 Å². The lowest BCUT2D eigenvalue weighted by Gasteiger charge is -2.20. The molecule has 0 saturated carbocycles. The molecule has 1 N–H and O–H groups in total. The molecule has 1 unspecified atom stereocenters. The first-order chi connectivity index (χ1) is 9.49. The van der Waals surface area contributed by atoms with Crippen molar-refractivity contribution in [3.63, 3.8) is 0 Å². The first-order valence-corrected chi connectivity index (χ1v) is 7.57. The third-order valence-electron chi connectivity index (χ3n) is 3.26. The Morgan fingerprint density at radius 3 is 2.45 bits per heavy atom. The standard InChI is InChI=1S/C17H28FNO/c1-13(2)19-12-15(9-10-20-14(3)4)11-16-7-5-6-8-17(16)18/h5-8,13-15,19H,9-12H2,1-4H3. The molecule has 0 radical (unpaired) electrons. The summed E-state index contributed by atoms with van der Waals surface area (Å²) in [6.07, 6.45) is 1.96. The van der Waals surface area contributed by atoms with Gasteiger partial charge in [0.1, 0.15) is 5.82 Å². The van der Waals surface area contributed by atoms with E-state index in [0.717, 1.165) is 31.6 Å². The van der Waals surface area contributed by atoms with Gasteiger partial charge in [-0.2, -0.15) is 0 Å². The maximum Gasteiger partial charge on any atom is 0.126 e. The Kier molecular flexibility index (Phi) is 7.78. The van der Waals surface area contributed by atoms with E-state index in [0.29, 0.717) is 12.0 Å². The number of halogens is 1. The zero-order chi connectivity index (χ0) is 15.0. The molecule has 1 aromatic carbocycles. The molecule has 3 heteroatoms. The normalized spacial score (nSPS) is 13.2. The van der Waals surface area contributed by atoms with Crippen LogP contribution in [0, 0.1) is 11.7 Å². The van der Waals surface area contributed by atoms with Crippen LogP contribution in [-0.2, 0) is 11.2 Å². The van der Waals surface area contributed by atoms with Crippen molar-refractivity contribution in [3.05, 3.63) is 35.6 Å². The van der Waals surface area contributed by atoms with Gasteiger partial charge in [-0.1, -0.05) is 32.0 Å². The third-order valence-corrected chi connectivity index (χ3v) is 3.26. The van der Waals surface area contributed by atoms with Crippen molar-refractivity contribution >= 4 is 0 Å². The molecule has 0 aliphatic carbocycles. The monoisotopic (exact) mass is 281 g/mol. The summed E-state index contributed by atoms with van der Waals surface area (Å²) in [5, 5.41) is 3.45. The van der Waals surface area contributed by atoms with Crippen LogP contribution in [0.1, 0.15) is 39.7 Å².